The number of nitrogens with one attached hydrogen (secondary N) is 7. The summed E-state index contributed by atoms with van der Waals surface area (Å²) in [5.74, 6) is -6.68. The summed E-state index contributed by atoms with van der Waals surface area (Å²) in [6.45, 7) is 15.3. The van der Waals surface area contributed by atoms with Crippen molar-refractivity contribution in [1.82, 2.24) is 37.2 Å². The highest BCUT2D eigenvalue weighted by atomic mass is 16.2. The highest BCUT2D eigenvalue weighted by molar-refractivity contribution is 5.98. The number of primary amides is 1. The van der Waals surface area contributed by atoms with E-state index in [-0.39, 0.29) is 31.6 Å². The third kappa shape index (κ3) is 23.5. The third-order valence-electron chi connectivity index (χ3n) is 11.1. The smallest absolute Gasteiger partial charge is 0.243 e. The summed E-state index contributed by atoms with van der Waals surface area (Å²) in [7, 11) is 0. The van der Waals surface area contributed by atoms with Gasteiger partial charge in [-0.2, -0.15) is 0 Å². The van der Waals surface area contributed by atoms with Crippen molar-refractivity contribution >= 4 is 47.3 Å². The van der Waals surface area contributed by atoms with Gasteiger partial charge in [0.05, 0.1) is 6.04 Å². The van der Waals surface area contributed by atoms with Crippen LogP contribution in [0.4, 0.5) is 0 Å². The molecule has 65 heavy (non-hydrogen) atoms. The first-order chi connectivity index (χ1) is 30.6. The Balaban J connectivity index is 6.42. The van der Waals surface area contributed by atoms with Gasteiger partial charge in [0, 0.05) is 0 Å². The normalized spacial score (nSPS) is 15.2. The van der Waals surface area contributed by atoms with Crippen molar-refractivity contribution in [1.29, 1.82) is 0 Å². The van der Waals surface area contributed by atoms with Crippen LogP contribution in [0.1, 0.15) is 132 Å². The van der Waals surface area contributed by atoms with Gasteiger partial charge >= 0.3 is 0 Å². The van der Waals surface area contributed by atoms with Crippen LogP contribution in [0.15, 0.2) is 0 Å². The van der Waals surface area contributed by atoms with Gasteiger partial charge in [0.1, 0.15) is 42.3 Å². The molecule has 0 aromatic carbocycles. The molecular formula is C44H87N13O8. The van der Waals surface area contributed by atoms with Crippen LogP contribution >= 0.6 is 0 Å². The fraction of sp³-hybridized carbons (Fsp3) is 0.818. The summed E-state index contributed by atoms with van der Waals surface area (Å²) in [6.07, 6.45) is 5.12. The van der Waals surface area contributed by atoms with Crippen molar-refractivity contribution < 1.29 is 38.4 Å². The monoisotopic (exact) mass is 926 g/mol. The Kier molecular flexibility index (Phi) is 30.8. The second kappa shape index (κ2) is 33.1. The minimum absolute atomic E-state index is 0.150. The van der Waals surface area contributed by atoms with Crippen molar-refractivity contribution in [3.63, 3.8) is 0 Å². The molecule has 0 aromatic heterocycles. The van der Waals surface area contributed by atoms with Crippen molar-refractivity contribution in [2.75, 3.05) is 26.2 Å². The van der Waals surface area contributed by atoms with Crippen LogP contribution in [0, 0.1) is 23.7 Å². The number of unbranched alkanes of at least 4 members (excludes halogenated alkanes) is 4. The zero-order valence-corrected chi connectivity index (χ0v) is 40.5. The van der Waals surface area contributed by atoms with E-state index in [9.17, 15) is 38.4 Å². The second-order valence-electron chi connectivity index (χ2n) is 18.2. The molecule has 8 amide bonds. The summed E-state index contributed by atoms with van der Waals surface area (Å²) < 4.78 is 0. The molecule has 0 radical (unpaired) electrons. The maximum Gasteiger partial charge on any atom is 0.243 e. The molecule has 0 saturated carbocycles. The molecular weight excluding hydrogens is 839 g/mol. The number of nitrogens with two attached hydrogens (primary N) is 6. The summed E-state index contributed by atoms with van der Waals surface area (Å²) >= 11 is 0. The molecule has 0 bridgehead atoms. The van der Waals surface area contributed by atoms with Crippen molar-refractivity contribution in [2.45, 2.75) is 181 Å². The number of carbonyl (C=O) groups is 8. The van der Waals surface area contributed by atoms with Crippen molar-refractivity contribution in [2.24, 2.45) is 58.1 Å². The van der Waals surface area contributed by atoms with Gasteiger partial charge in [-0.15, -0.1) is 0 Å². The molecule has 0 heterocycles. The van der Waals surface area contributed by atoms with Gasteiger partial charge in [-0.25, -0.2) is 0 Å². The molecule has 0 aromatic rings. The molecule has 0 aliphatic rings. The number of carbonyl (C=O) groups excluding carboxylic acids is 8. The van der Waals surface area contributed by atoms with Crippen LogP contribution in [0.5, 0.6) is 0 Å². The molecule has 0 rings (SSSR count). The quantitative estimate of drug-likeness (QED) is 0.0317. The molecule has 21 nitrogen and oxygen atoms in total. The number of rotatable bonds is 35. The summed E-state index contributed by atoms with van der Waals surface area (Å²) in [6, 6.07) is -8.50. The lowest BCUT2D eigenvalue weighted by molar-refractivity contribution is -0.137. The minimum Gasteiger partial charge on any atom is -0.368 e. The Labute approximate surface area is 387 Å². The van der Waals surface area contributed by atoms with Gasteiger partial charge in [-0.1, -0.05) is 55.4 Å². The van der Waals surface area contributed by atoms with E-state index in [1.807, 2.05) is 0 Å². The number of amides is 8. The molecule has 8 atom stereocenters. The first-order valence-corrected chi connectivity index (χ1v) is 23.6. The Morgan fingerprint density at radius 2 is 0.585 bits per heavy atom. The fourth-order valence-electron chi connectivity index (χ4n) is 6.78. The van der Waals surface area contributed by atoms with E-state index in [4.69, 9.17) is 34.4 Å². The van der Waals surface area contributed by atoms with E-state index in [2.05, 4.69) is 37.2 Å². The molecule has 21 heteroatoms. The van der Waals surface area contributed by atoms with Crippen LogP contribution < -0.4 is 71.6 Å². The Bertz CT molecular complexity index is 1480. The minimum atomic E-state index is -1.18. The number of hydrogen-bond acceptors (Lipinski definition) is 13. The molecule has 0 aliphatic heterocycles. The van der Waals surface area contributed by atoms with E-state index in [1.165, 1.54) is 0 Å². The van der Waals surface area contributed by atoms with Crippen LogP contribution in [-0.2, 0) is 38.4 Å². The van der Waals surface area contributed by atoms with E-state index < -0.39 is 113 Å². The van der Waals surface area contributed by atoms with Crippen LogP contribution in [0.3, 0.4) is 0 Å². The topological polar surface area (TPSA) is 377 Å². The molecule has 0 aliphatic carbocycles. The highest BCUT2D eigenvalue weighted by Crippen LogP contribution is 2.13. The lowest BCUT2D eigenvalue weighted by Crippen LogP contribution is -2.61. The zero-order chi connectivity index (χ0) is 49.8. The predicted octanol–water partition coefficient (Wildman–Crippen LogP) is -1.67. The second-order valence-corrected chi connectivity index (χ2v) is 18.2. The van der Waals surface area contributed by atoms with Gasteiger partial charge in [0.15, 0.2) is 0 Å². The Hall–Kier alpha value is -4.44. The van der Waals surface area contributed by atoms with Crippen molar-refractivity contribution in [3.8, 4) is 0 Å². The fourth-order valence-corrected chi connectivity index (χ4v) is 6.78. The van der Waals surface area contributed by atoms with Crippen LogP contribution in [0.25, 0.3) is 0 Å². The van der Waals surface area contributed by atoms with Crippen LogP contribution in [-0.4, -0.2) is 122 Å². The van der Waals surface area contributed by atoms with Gasteiger partial charge in [0.2, 0.25) is 47.3 Å². The van der Waals surface area contributed by atoms with Gasteiger partial charge in [-0.3, -0.25) is 38.4 Å². The van der Waals surface area contributed by atoms with Crippen molar-refractivity contribution in [3.05, 3.63) is 0 Å². The molecule has 0 saturated heterocycles. The third-order valence-corrected chi connectivity index (χ3v) is 11.1. The van der Waals surface area contributed by atoms with Crippen LogP contribution in [0.2, 0.25) is 0 Å². The lowest BCUT2D eigenvalue weighted by Gasteiger charge is -2.30. The highest BCUT2D eigenvalue weighted by Gasteiger charge is 2.36. The van der Waals surface area contributed by atoms with Gasteiger partial charge < -0.3 is 71.6 Å². The first kappa shape index (κ1) is 60.6. The molecule has 0 spiro atoms. The van der Waals surface area contributed by atoms with E-state index in [1.54, 1.807) is 55.4 Å². The number of hydrogen-bond donors (Lipinski definition) is 13. The lowest BCUT2D eigenvalue weighted by atomic mass is 9.98. The molecule has 0 unspecified atom stereocenters. The van der Waals surface area contributed by atoms with Gasteiger partial charge in [-0.05, 0) is 127 Å². The predicted molar refractivity (Wildman–Crippen MR) is 252 cm³/mol. The summed E-state index contributed by atoms with van der Waals surface area (Å²) in [5, 5.41) is 19.2. The van der Waals surface area contributed by atoms with E-state index >= 15 is 0 Å². The van der Waals surface area contributed by atoms with E-state index in [0.29, 0.717) is 77.5 Å². The summed E-state index contributed by atoms with van der Waals surface area (Å²) in [5.41, 5.74) is 34.3. The Morgan fingerprint density at radius 3 is 0.815 bits per heavy atom. The largest absolute Gasteiger partial charge is 0.368 e. The first-order valence-electron chi connectivity index (χ1n) is 23.6. The average Bonchev–Trinajstić information content (AvgIpc) is 3.23. The standard InChI is InChI=1S/C44H87N13O8/c1-25(2)33(49)41(62)52-30(18-10-14-22-46)38(59)56-35(27(5)6)43(64)54-32(20-12-16-24-48)40(61)57-36(28(7)8)44(65)53-31(19-11-15-23-47)39(60)55-34(26(3)4)42(63)51-29(37(50)58)17-9-13-21-45/h25-36H,9-24,45-49H2,1-8H3,(H2,50,58)(H,51,63)(H,52,62)(H,53,65)(H,54,64)(H,55,60)(H,56,59)(H,57,61)/t29-,30-,31-,32-,33-,34-,35-,36-/m0/s1. The molecule has 376 valence electrons. The maximum atomic E-state index is 14.1. The zero-order valence-electron chi connectivity index (χ0n) is 40.5. The molecule has 0 fully saturated rings. The van der Waals surface area contributed by atoms with Gasteiger partial charge in [0.25, 0.3) is 0 Å². The van der Waals surface area contributed by atoms with E-state index in [0.717, 1.165) is 0 Å². The maximum absolute atomic E-state index is 14.1. The summed E-state index contributed by atoms with van der Waals surface area (Å²) in [4.78, 5) is 108. The Morgan fingerprint density at radius 1 is 0.338 bits per heavy atom. The molecule has 19 N–H and O–H groups in total. The SMILES string of the molecule is CC(C)[C@H](N)C(=O)N[C@@H](CCCCN)C(=O)N[C@H](C(=O)N[C@@H](CCCCN)C(=O)N[C@H](C(=O)N[C@@H](CCCCN)C(=O)N[C@H](C(=O)N[C@@H](CCCCN)C(N)=O)C(C)C)C(C)C)C(C)C. The average molecular weight is 926 g/mol.